The Balaban J connectivity index is 1.89. The van der Waals surface area contributed by atoms with Crippen LogP contribution >= 0.6 is 0 Å². The van der Waals surface area contributed by atoms with Crippen molar-refractivity contribution in [1.82, 2.24) is 0 Å². The lowest BCUT2D eigenvalue weighted by molar-refractivity contribution is -0.144. The van der Waals surface area contributed by atoms with Gasteiger partial charge in [0.25, 0.3) is 0 Å². The molecule has 1 heterocycles. The lowest BCUT2D eigenvalue weighted by Crippen LogP contribution is -2.38. The summed E-state index contributed by atoms with van der Waals surface area (Å²) in [7, 11) is 0. The van der Waals surface area contributed by atoms with Gasteiger partial charge in [-0.2, -0.15) is 0 Å². The molecule has 3 nitrogen and oxygen atoms in total. The van der Waals surface area contributed by atoms with E-state index in [4.69, 9.17) is 9.47 Å². The summed E-state index contributed by atoms with van der Waals surface area (Å²) in [5.41, 5.74) is 2.15. The summed E-state index contributed by atoms with van der Waals surface area (Å²) in [6.07, 6.45) is 4.75. The zero-order valence-electron chi connectivity index (χ0n) is 11.8. The maximum atomic E-state index is 12.2. The maximum absolute atomic E-state index is 12.2. The molecule has 1 fully saturated rings. The third-order valence-corrected chi connectivity index (χ3v) is 4.39. The van der Waals surface area contributed by atoms with Crippen LogP contribution in [-0.4, -0.2) is 18.7 Å². The largest absolute Gasteiger partial charge is 0.426 e. The molecule has 0 N–H and O–H groups in total. The smallest absolute Gasteiger partial charge is 0.315 e. The Morgan fingerprint density at radius 1 is 1.40 bits per heavy atom. The Morgan fingerprint density at radius 3 is 3.00 bits per heavy atom. The number of benzene rings is 1. The van der Waals surface area contributed by atoms with Gasteiger partial charge in [-0.1, -0.05) is 24.8 Å². The summed E-state index contributed by atoms with van der Waals surface area (Å²) >= 11 is 0. The molecule has 3 unspecified atom stereocenters. The van der Waals surface area contributed by atoms with Crippen LogP contribution in [0.3, 0.4) is 0 Å². The SMILES string of the molecule is C=Cc1ccc2c(c1)OC(=O)C1CC(OCC)CCC21. The van der Waals surface area contributed by atoms with Gasteiger partial charge in [0.1, 0.15) is 5.75 Å². The number of carbonyl (C=O) groups excluding carboxylic acids is 1. The highest BCUT2D eigenvalue weighted by molar-refractivity contribution is 5.80. The first-order chi connectivity index (χ1) is 9.72. The number of carbonyl (C=O) groups is 1. The van der Waals surface area contributed by atoms with Gasteiger partial charge in [-0.25, -0.2) is 0 Å². The van der Waals surface area contributed by atoms with Gasteiger partial charge in [-0.15, -0.1) is 0 Å². The average molecular weight is 272 g/mol. The van der Waals surface area contributed by atoms with Crippen molar-refractivity contribution in [1.29, 1.82) is 0 Å². The Morgan fingerprint density at radius 2 is 2.25 bits per heavy atom. The zero-order valence-corrected chi connectivity index (χ0v) is 11.8. The van der Waals surface area contributed by atoms with E-state index in [-0.39, 0.29) is 23.9 Å². The Bertz CT molecular complexity index is 535. The van der Waals surface area contributed by atoms with Crippen LogP contribution in [0.25, 0.3) is 6.08 Å². The molecule has 1 saturated carbocycles. The Kier molecular flexibility index (Phi) is 3.62. The first kappa shape index (κ1) is 13.4. The molecule has 2 aliphatic rings. The van der Waals surface area contributed by atoms with E-state index in [2.05, 4.69) is 12.6 Å². The molecule has 0 spiro atoms. The van der Waals surface area contributed by atoms with E-state index in [0.717, 1.165) is 30.4 Å². The average Bonchev–Trinajstić information content (AvgIpc) is 2.47. The van der Waals surface area contributed by atoms with Crippen LogP contribution in [0.5, 0.6) is 5.75 Å². The van der Waals surface area contributed by atoms with Crippen molar-refractivity contribution >= 4 is 12.0 Å². The van der Waals surface area contributed by atoms with Crippen molar-refractivity contribution < 1.29 is 14.3 Å². The summed E-state index contributed by atoms with van der Waals surface area (Å²) in [6, 6.07) is 6.03. The molecule has 0 amide bonds. The van der Waals surface area contributed by atoms with E-state index in [0.29, 0.717) is 12.4 Å². The van der Waals surface area contributed by atoms with E-state index >= 15 is 0 Å². The molecular weight excluding hydrogens is 252 g/mol. The molecule has 3 rings (SSSR count). The maximum Gasteiger partial charge on any atom is 0.315 e. The highest BCUT2D eigenvalue weighted by Crippen LogP contribution is 2.46. The zero-order chi connectivity index (χ0) is 14.1. The molecule has 3 atom stereocenters. The molecule has 20 heavy (non-hydrogen) atoms. The van der Waals surface area contributed by atoms with Crippen LogP contribution in [0.2, 0.25) is 0 Å². The van der Waals surface area contributed by atoms with Crippen LogP contribution in [0, 0.1) is 5.92 Å². The fourth-order valence-corrected chi connectivity index (χ4v) is 3.41. The van der Waals surface area contributed by atoms with E-state index in [1.807, 2.05) is 19.1 Å². The normalized spacial score (nSPS) is 28.2. The standard InChI is InChI=1S/C17H20O3/c1-3-11-5-7-14-13-8-6-12(19-4-2)10-15(13)17(18)20-16(14)9-11/h3,5,7,9,12-13,15H,1,4,6,8,10H2,2H3. The van der Waals surface area contributed by atoms with Gasteiger partial charge in [-0.3, -0.25) is 4.79 Å². The third-order valence-electron chi connectivity index (χ3n) is 4.39. The summed E-state index contributed by atoms with van der Waals surface area (Å²) in [4.78, 5) is 12.2. The van der Waals surface area contributed by atoms with E-state index in [1.54, 1.807) is 6.08 Å². The third kappa shape index (κ3) is 2.27. The minimum absolute atomic E-state index is 0.0534. The van der Waals surface area contributed by atoms with Gasteiger partial charge in [0.05, 0.1) is 12.0 Å². The molecule has 1 aromatic carbocycles. The Hall–Kier alpha value is -1.61. The number of rotatable bonds is 3. The minimum atomic E-state index is -0.104. The molecule has 0 radical (unpaired) electrons. The van der Waals surface area contributed by atoms with Crippen LogP contribution in [0.15, 0.2) is 24.8 Å². The lowest BCUT2D eigenvalue weighted by Gasteiger charge is -2.38. The quantitative estimate of drug-likeness (QED) is 0.623. The number of hydrogen-bond acceptors (Lipinski definition) is 3. The van der Waals surface area contributed by atoms with Gasteiger partial charge >= 0.3 is 5.97 Å². The predicted octanol–water partition coefficient (Wildman–Crippen LogP) is 3.54. The number of fused-ring (bicyclic) bond motifs is 3. The monoisotopic (exact) mass is 272 g/mol. The first-order valence-corrected chi connectivity index (χ1v) is 7.32. The second kappa shape index (κ2) is 5.41. The van der Waals surface area contributed by atoms with Crippen LogP contribution in [0.4, 0.5) is 0 Å². The summed E-state index contributed by atoms with van der Waals surface area (Å²) < 4.78 is 11.2. The molecule has 3 heteroatoms. The molecule has 0 aromatic heterocycles. The van der Waals surface area contributed by atoms with Crippen LogP contribution in [-0.2, 0) is 9.53 Å². The summed E-state index contributed by atoms with van der Waals surface area (Å²) in [5.74, 6) is 0.834. The highest BCUT2D eigenvalue weighted by atomic mass is 16.5. The van der Waals surface area contributed by atoms with E-state index in [9.17, 15) is 4.79 Å². The molecule has 0 saturated heterocycles. The summed E-state index contributed by atoms with van der Waals surface area (Å²) in [6.45, 7) is 6.46. The molecule has 1 aromatic rings. The van der Waals surface area contributed by atoms with Crippen LogP contribution < -0.4 is 4.74 Å². The molecule has 0 bridgehead atoms. The van der Waals surface area contributed by atoms with Crippen molar-refractivity contribution in [2.45, 2.75) is 38.2 Å². The fraction of sp³-hybridized carbons (Fsp3) is 0.471. The van der Waals surface area contributed by atoms with Crippen molar-refractivity contribution in [2.24, 2.45) is 5.92 Å². The van der Waals surface area contributed by atoms with Gasteiger partial charge < -0.3 is 9.47 Å². The predicted molar refractivity (Wildman–Crippen MR) is 77.7 cm³/mol. The Labute approximate surface area is 119 Å². The van der Waals surface area contributed by atoms with Gasteiger partial charge in [0, 0.05) is 12.5 Å². The van der Waals surface area contributed by atoms with E-state index in [1.165, 1.54) is 0 Å². The number of ether oxygens (including phenoxy) is 2. The molecule has 1 aliphatic heterocycles. The van der Waals surface area contributed by atoms with Crippen molar-refractivity contribution in [3.05, 3.63) is 35.9 Å². The molecule has 1 aliphatic carbocycles. The topological polar surface area (TPSA) is 35.5 Å². The van der Waals surface area contributed by atoms with Crippen LogP contribution in [0.1, 0.15) is 43.2 Å². The second-order valence-corrected chi connectivity index (χ2v) is 5.53. The first-order valence-electron chi connectivity index (χ1n) is 7.32. The van der Waals surface area contributed by atoms with Crippen molar-refractivity contribution in [3.63, 3.8) is 0 Å². The van der Waals surface area contributed by atoms with E-state index < -0.39 is 0 Å². The lowest BCUT2D eigenvalue weighted by atomic mass is 9.72. The van der Waals surface area contributed by atoms with Gasteiger partial charge in [-0.05, 0) is 43.4 Å². The number of esters is 1. The van der Waals surface area contributed by atoms with Crippen molar-refractivity contribution in [2.75, 3.05) is 6.61 Å². The highest BCUT2D eigenvalue weighted by Gasteiger charge is 2.42. The molecule has 106 valence electrons. The van der Waals surface area contributed by atoms with Gasteiger partial charge in [0.2, 0.25) is 0 Å². The minimum Gasteiger partial charge on any atom is -0.426 e. The van der Waals surface area contributed by atoms with Gasteiger partial charge in [0.15, 0.2) is 0 Å². The second-order valence-electron chi connectivity index (χ2n) is 5.53. The van der Waals surface area contributed by atoms with Crippen molar-refractivity contribution in [3.8, 4) is 5.75 Å². The molecular formula is C17H20O3. The summed E-state index contributed by atoms with van der Waals surface area (Å²) in [5, 5.41) is 0. The number of hydrogen-bond donors (Lipinski definition) is 0. The fourth-order valence-electron chi connectivity index (χ4n) is 3.41.